The van der Waals surface area contributed by atoms with Crippen LogP contribution in [-0.4, -0.2) is 30.5 Å². The van der Waals surface area contributed by atoms with Crippen LogP contribution in [0.5, 0.6) is 0 Å². The Balaban J connectivity index is 1.76. The van der Waals surface area contributed by atoms with Gasteiger partial charge in [-0.3, -0.25) is 4.79 Å². The molecule has 10 heteroatoms. The molecule has 0 unspecified atom stereocenters. The van der Waals surface area contributed by atoms with Crippen LogP contribution in [0.25, 0.3) is 4.96 Å². The second kappa shape index (κ2) is 6.42. The Bertz CT molecular complexity index is 823. The molecular formula is C11H11N5OS4. The van der Waals surface area contributed by atoms with Crippen molar-refractivity contribution >= 4 is 51.2 Å². The van der Waals surface area contributed by atoms with E-state index in [0.717, 1.165) is 25.1 Å². The van der Waals surface area contributed by atoms with Gasteiger partial charge in [0.05, 0.1) is 5.69 Å². The van der Waals surface area contributed by atoms with Crippen molar-refractivity contribution in [1.29, 1.82) is 0 Å². The summed E-state index contributed by atoms with van der Waals surface area (Å²) >= 11 is 6.22. The lowest BCUT2D eigenvalue weighted by atomic mass is 10.4. The van der Waals surface area contributed by atoms with Gasteiger partial charge in [-0.15, -0.1) is 10.2 Å². The highest BCUT2D eigenvalue weighted by Gasteiger charge is 2.09. The van der Waals surface area contributed by atoms with Gasteiger partial charge in [-0.1, -0.05) is 53.1 Å². The van der Waals surface area contributed by atoms with Crippen molar-refractivity contribution in [1.82, 2.24) is 24.8 Å². The average Bonchev–Trinajstić information content (AvgIpc) is 3.03. The zero-order valence-corrected chi connectivity index (χ0v) is 14.5. The molecule has 0 bridgehead atoms. The Labute approximate surface area is 137 Å². The first-order valence-corrected chi connectivity index (χ1v) is 9.71. The first kappa shape index (κ1) is 14.9. The van der Waals surface area contributed by atoms with E-state index in [4.69, 9.17) is 0 Å². The monoisotopic (exact) mass is 357 g/mol. The fourth-order valence-electron chi connectivity index (χ4n) is 1.60. The number of rotatable bonds is 5. The molecular weight excluding hydrogens is 346 g/mol. The Morgan fingerprint density at radius 1 is 1.24 bits per heavy atom. The number of hydrogen-bond donors (Lipinski definition) is 0. The topological polar surface area (TPSA) is 73.0 Å². The lowest BCUT2D eigenvalue weighted by molar-refractivity contribution is 0.871. The van der Waals surface area contributed by atoms with Crippen LogP contribution in [0, 0.1) is 6.92 Å². The van der Waals surface area contributed by atoms with Crippen molar-refractivity contribution in [2.24, 2.45) is 0 Å². The summed E-state index contributed by atoms with van der Waals surface area (Å²) in [6.07, 6.45) is 0. The molecule has 0 spiro atoms. The number of aryl methyl sites for hydroxylation is 1. The van der Waals surface area contributed by atoms with Crippen LogP contribution in [0.3, 0.4) is 0 Å². The molecule has 3 aromatic rings. The van der Waals surface area contributed by atoms with E-state index in [9.17, 15) is 4.79 Å². The minimum atomic E-state index is -0.139. The van der Waals surface area contributed by atoms with Crippen LogP contribution < -0.4 is 5.56 Å². The first-order chi connectivity index (χ1) is 10.2. The molecule has 0 aliphatic rings. The maximum Gasteiger partial charge on any atom is 0.275 e. The summed E-state index contributed by atoms with van der Waals surface area (Å²) in [5, 5.41) is 13.2. The summed E-state index contributed by atoms with van der Waals surface area (Å²) in [5.41, 5.74) is 0.605. The van der Waals surface area contributed by atoms with Crippen LogP contribution in [-0.2, 0) is 5.75 Å². The molecule has 0 aliphatic carbocycles. The van der Waals surface area contributed by atoms with Crippen LogP contribution in [0.4, 0.5) is 0 Å². The van der Waals surface area contributed by atoms with E-state index in [2.05, 4.69) is 27.2 Å². The molecule has 0 radical (unpaired) electrons. The van der Waals surface area contributed by atoms with Gasteiger partial charge in [-0.2, -0.15) is 9.61 Å². The van der Waals surface area contributed by atoms with Gasteiger partial charge in [0, 0.05) is 11.8 Å². The van der Waals surface area contributed by atoms with Crippen molar-refractivity contribution in [2.45, 2.75) is 28.3 Å². The number of hydrogen-bond acceptors (Lipinski definition) is 9. The van der Waals surface area contributed by atoms with E-state index in [1.807, 2.05) is 6.92 Å². The van der Waals surface area contributed by atoms with Crippen molar-refractivity contribution in [3.8, 4) is 0 Å². The van der Waals surface area contributed by atoms with Crippen molar-refractivity contribution in [3.05, 3.63) is 27.1 Å². The molecule has 0 fully saturated rings. The maximum atomic E-state index is 11.9. The molecule has 0 saturated carbocycles. The summed E-state index contributed by atoms with van der Waals surface area (Å²) in [7, 11) is 0. The lowest BCUT2D eigenvalue weighted by Crippen LogP contribution is -2.15. The summed E-state index contributed by atoms with van der Waals surface area (Å²) in [6.45, 7) is 3.95. The Kier molecular flexibility index (Phi) is 4.57. The lowest BCUT2D eigenvalue weighted by Gasteiger charge is -1.97. The summed E-state index contributed by atoms with van der Waals surface area (Å²) in [6, 6.07) is 1.53. The molecule has 3 heterocycles. The second-order valence-electron chi connectivity index (χ2n) is 3.96. The molecule has 21 heavy (non-hydrogen) atoms. The average molecular weight is 358 g/mol. The van der Waals surface area contributed by atoms with Gasteiger partial charge in [-0.25, -0.2) is 4.98 Å². The van der Waals surface area contributed by atoms with Gasteiger partial charge in [0.25, 0.3) is 5.56 Å². The highest BCUT2D eigenvalue weighted by molar-refractivity contribution is 8.02. The van der Waals surface area contributed by atoms with E-state index in [1.165, 1.54) is 21.9 Å². The second-order valence-corrected chi connectivity index (χ2v) is 8.83. The van der Waals surface area contributed by atoms with Crippen molar-refractivity contribution in [2.75, 3.05) is 5.75 Å². The van der Waals surface area contributed by atoms with E-state index in [0.29, 0.717) is 10.7 Å². The number of nitrogens with zero attached hydrogens (tertiary/aromatic N) is 5. The molecule has 110 valence electrons. The minimum absolute atomic E-state index is 0.139. The Morgan fingerprint density at radius 2 is 2.00 bits per heavy atom. The van der Waals surface area contributed by atoms with Gasteiger partial charge in [0.1, 0.15) is 5.01 Å². The Morgan fingerprint density at radius 3 is 2.76 bits per heavy atom. The maximum absolute atomic E-state index is 11.9. The third-order valence-corrected chi connectivity index (χ3v) is 6.33. The molecule has 0 aliphatic heterocycles. The van der Waals surface area contributed by atoms with E-state index < -0.39 is 0 Å². The van der Waals surface area contributed by atoms with E-state index in [-0.39, 0.29) is 5.56 Å². The molecule has 3 rings (SSSR count). The molecule has 0 aromatic carbocycles. The fraction of sp³-hybridized carbons (Fsp3) is 0.364. The largest absolute Gasteiger partial charge is 0.275 e. The molecule has 0 N–H and O–H groups in total. The zero-order chi connectivity index (χ0) is 14.8. The summed E-state index contributed by atoms with van der Waals surface area (Å²) in [5.74, 6) is 1.59. The summed E-state index contributed by atoms with van der Waals surface area (Å²) < 4.78 is 3.21. The van der Waals surface area contributed by atoms with Crippen LogP contribution >= 0.6 is 46.2 Å². The Hall–Kier alpha value is -0.970. The van der Waals surface area contributed by atoms with E-state index in [1.54, 1.807) is 34.9 Å². The van der Waals surface area contributed by atoms with Crippen molar-refractivity contribution < 1.29 is 0 Å². The predicted molar refractivity (Wildman–Crippen MR) is 87.7 cm³/mol. The smallest absolute Gasteiger partial charge is 0.267 e. The van der Waals surface area contributed by atoms with Gasteiger partial charge in [0.15, 0.2) is 8.68 Å². The summed E-state index contributed by atoms with van der Waals surface area (Å²) in [4.78, 5) is 17.0. The fourth-order valence-corrected chi connectivity index (χ4v) is 5.18. The third kappa shape index (κ3) is 3.44. The SMILES string of the molecule is CCSc1nnc(SCc2cc(=O)n3nc(C)sc3n2)s1. The van der Waals surface area contributed by atoms with Crippen LogP contribution in [0.15, 0.2) is 19.5 Å². The third-order valence-electron chi connectivity index (χ3n) is 2.40. The minimum Gasteiger partial charge on any atom is -0.267 e. The van der Waals surface area contributed by atoms with Gasteiger partial charge < -0.3 is 0 Å². The van der Waals surface area contributed by atoms with Crippen molar-refractivity contribution in [3.63, 3.8) is 0 Å². The highest BCUT2D eigenvalue weighted by Crippen LogP contribution is 2.30. The van der Waals surface area contributed by atoms with E-state index >= 15 is 0 Å². The zero-order valence-electron chi connectivity index (χ0n) is 11.3. The molecule has 0 saturated heterocycles. The quantitative estimate of drug-likeness (QED) is 0.650. The van der Waals surface area contributed by atoms with Crippen LogP contribution in [0.1, 0.15) is 17.6 Å². The number of aromatic nitrogens is 5. The molecule has 3 aromatic heterocycles. The van der Waals surface area contributed by atoms with Crippen LogP contribution in [0.2, 0.25) is 0 Å². The molecule has 6 nitrogen and oxygen atoms in total. The first-order valence-electron chi connectivity index (χ1n) is 6.11. The highest BCUT2D eigenvalue weighted by atomic mass is 32.2. The van der Waals surface area contributed by atoms with Gasteiger partial charge in [0.2, 0.25) is 4.96 Å². The molecule has 0 atom stereocenters. The van der Waals surface area contributed by atoms with Gasteiger partial charge >= 0.3 is 0 Å². The number of fused-ring (bicyclic) bond motifs is 1. The molecule has 0 amide bonds. The predicted octanol–water partition coefficient (Wildman–Crippen LogP) is 2.72. The number of thioether (sulfide) groups is 2. The normalized spacial score (nSPS) is 11.3. The standard InChI is InChI=1S/C11H11N5OS4/c1-3-18-10-13-14-11(21-10)19-5-7-4-8(17)16-9(12-7)20-6(2)15-16/h4H,3,5H2,1-2H3. The van der Waals surface area contributed by atoms with Gasteiger partial charge in [-0.05, 0) is 12.7 Å².